The maximum absolute atomic E-state index is 12.5. The van der Waals surface area contributed by atoms with Crippen LogP contribution in [-0.2, 0) is 4.79 Å². The molecule has 0 spiro atoms. The Bertz CT molecular complexity index is 459. The number of ether oxygens (including phenoxy) is 1. The SMILES string of the molecule is COc1ccccc1N1CCN(C(C)C)C(C)C1=O. The largest absolute Gasteiger partial charge is 0.495 e. The maximum Gasteiger partial charge on any atom is 0.244 e. The molecule has 1 heterocycles. The number of rotatable bonds is 3. The minimum Gasteiger partial charge on any atom is -0.495 e. The highest BCUT2D eigenvalue weighted by Crippen LogP contribution is 2.30. The highest BCUT2D eigenvalue weighted by atomic mass is 16.5. The zero-order valence-corrected chi connectivity index (χ0v) is 12.1. The molecule has 1 aliphatic heterocycles. The van der Waals surface area contributed by atoms with E-state index >= 15 is 0 Å². The first-order valence-corrected chi connectivity index (χ1v) is 6.76. The summed E-state index contributed by atoms with van der Waals surface area (Å²) in [7, 11) is 1.64. The number of nitrogens with zero attached hydrogens (tertiary/aromatic N) is 2. The third kappa shape index (κ3) is 2.59. The van der Waals surface area contributed by atoms with Gasteiger partial charge in [0.15, 0.2) is 0 Å². The van der Waals surface area contributed by atoms with Crippen LogP contribution in [-0.4, -0.2) is 43.1 Å². The number of carbonyl (C=O) groups excluding carboxylic acids is 1. The van der Waals surface area contributed by atoms with Crippen LogP contribution in [0.25, 0.3) is 0 Å². The monoisotopic (exact) mass is 262 g/mol. The molecule has 1 aromatic rings. The van der Waals surface area contributed by atoms with E-state index in [0.717, 1.165) is 18.0 Å². The standard InChI is InChI=1S/C15H22N2O2/c1-11(2)16-9-10-17(15(18)12(16)3)13-7-5-6-8-14(13)19-4/h5-8,11-12H,9-10H2,1-4H3. The van der Waals surface area contributed by atoms with E-state index in [1.54, 1.807) is 7.11 Å². The third-order valence-corrected chi connectivity index (χ3v) is 3.74. The van der Waals surface area contributed by atoms with Gasteiger partial charge in [-0.1, -0.05) is 12.1 Å². The summed E-state index contributed by atoms with van der Waals surface area (Å²) in [6.07, 6.45) is 0. The molecule has 104 valence electrons. The van der Waals surface area contributed by atoms with E-state index in [2.05, 4.69) is 18.7 Å². The number of carbonyl (C=O) groups is 1. The van der Waals surface area contributed by atoms with Crippen molar-refractivity contribution < 1.29 is 9.53 Å². The molecule has 0 N–H and O–H groups in total. The second-order valence-electron chi connectivity index (χ2n) is 5.17. The second-order valence-corrected chi connectivity index (χ2v) is 5.17. The van der Waals surface area contributed by atoms with E-state index < -0.39 is 0 Å². The minimum atomic E-state index is -0.0846. The predicted octanol–water partition coefficient (Wildman–Crippen LogP) is 2.14. The van der Waals surface area contributed by atoms with Gasteiger partial charge in [-0.05, 0) is 32.9 Å². The van der Waals surface area contributed by atoms with E-state index in [0.29, 0.717) is 12.6 Å². The summed E-state index contributed by atoms with van der Waals surface area (Å²) >= 11 is 0. The zero-order chi connectivity index (χ0) is 14.0. The van der Waals surface area contributed by atoms with E-state index in [9.17, 15) is 4.79 Å². The lowest BCUT2D eigenvalue weighted by Gasteiger charge is -2.41. The Labute approximate surface area is 115 Å². The average molecular weight is 262 g/mol. The molecule has 0 bridgehead atoms. The van der Waals surface area contributed by atoms with Crippen LogP contribution in [0.3, 0.4) is 0 Å². The van der Waals surface area contributed by atoms with Gasteiger partial charge in [0.05, 0.1) is 18.8 Å². The lowest BCUT2D eigenvalue weighted by molar-refractivity contribution is -0.126. The molecule has 1 atom stereocenters. The molecule has 4 heteroatoms. The second kappa shape index (κ2) is 5.61. The summed E-state index contributed by atoms with van der Waals surface area (Å²) in [5.74, 6) is 0.894. The van der Waals surface area contributed by atoms with Crippen molar-refractivity contribution >= 4 is 11.6 Å². The maximum atomic E-state index is 12.5. The molecule has 1 amide bonds. The molecule has 1 aromatic carbocycles. The number of hydrogen-bond acceptors (Lipinski definition) is 3. The molecule has 4 nitrogen and oxygen atoms in total. The van der Waals surface area contributed by atoms with Crippen molar-refractivity contribution in [2.45, 2.75) is 32.9 Å². The molecule has 1 fully saturated rings. The Kier molecular flexibility index (Phi) is 4.10. The van der Waals surface area contributed by atoms with Crippen molar-refractivity contribution in [2.24, 2.45) is 0 Å². The first-order chi connectivity index (χ1) is 9.06. The number of anilines is 1. The summed E-state index contributed by atoms with van der Waals surface area (Å²) in [5, 5.41) is 0. The highest BCUT2D eigenvalue weighted by Gasteiger charge is 2.34. The van der Waals surface area contributed by atoms with Crippen LogP contribution in [0.4, 0.5) is 5.69 Å². The first kappa shape index (κ1) is 13.9. The lowest BCUT2D eigenvalue weighted by atomic mass is 10.1. The average Bonchev–Trinajstić information content (AvgIpc) is 2.41. The van der Waals surface area contributed by atoms with Crippen LogP contribution in [0.1, 0.15) is 20.8 Å². The van der Waals surface area contributed by atoms with E-state index in [-0.39, 0.29) is 11.9 Å². The molecule has 0 saturated carbocycles. The molecule has 1 saturated heterocycles. The number of methoxy groups -OCH3 is 1. The Morgan fingerprint density at radius 1 is 1.26 bits per heavy atom. The first-order valence-electron chi connectivity index (χ1n) is 6.76. The number of piperazine rings is 1. The summed E-state index contributed by atoms with van der Waals surface area (Å²) in [4.78, 5) is 16.6. The fourth-order valence-corrected chi connectivity index (χ4v) is 2.68. The summed E-state index contributed by atoms with van der Waals surface area (Å²) < 4.78 is 5.35. The van der Waals surface area contributed by atoms with Gasteiger partial charge >= 0.3 is 0 Å². The van der Waals surface area contributed by atoms with Gasteiger partial charge in [-0.2, -0.15) is 0 Å². The van der Waals surface area contributed by atoms with Crippen molar-refractivity contribution in [3.8, 4) is 5.75 Å². The van der Waals surface area contributed by atoms with Gasteiger partial charge in [0.2, 0.25) is 5.91 Å². The molecule has 0 aromatic heterocycles. The van der Waals surface area contributed by atoms with Crippen LogP contribution in [0.15, 0.2) is 24.3 Å². The third-order valence-electron chi connectivity index (χ3n) is 3.74. The zero-order valence-electron chi connectivity index (χ0n) is 12.1. The Morgan fingerprint density at radius 3 is 2.58 bits per heavy atom. The lowest BCUT2D eigenvalue weighted by Crippen LogP contribution is -2.58. The van der Waals surface area contributed by atoms with Crippen molar-refractivity contribution in [3.63, 3.8) is 0 Å². The fraction of sp³-hybridized carbons (Fsp3) is 0.533. The van der Waals surface area contributed by atoms with E-state index in [1.807, 2.05) is 36.1 Å². The minimum absolute atomic E-state index is 0.0846. The molecule has 1 unspecified atom stereocenters. The van der Waals surface area contributed by atoms with Crippen LogP contribution in [0.5, 0.6) is 5.75 Å². The van der Waals surface area contributed by atoms with Crippen LogP contribution < -0.4 is 9.64 Å². The van der Waals surface area contributed by atoms with Crippen LogP contribution >= 0.6 is 0 Å². The molecule has 2 rings (SSSR count). The van der Waals surface area contributed by atoms with Gasteiger partial charge in [-0.3, -0.25) is 9.69 Å². The smallest absolute Gasteiger partial charge is 0.244 e. The number of benzene rings is 1. The molecule has 19 heavy (non-hydrogen) atoms. The molecular formula is C15H22N2O2. The predicted molar refractivity (Wildman–Crippen MR) is 76.7 cm³/mol. The van der Waals surface area contributed by atoms with Gasteiger partial charge in [0.1, 0.15) is 5.75 Å². The summed E-state index contributed by atoms with van der Waals surface area (Å²) in [5.41, 5.74) is 0.866. The van der Waals surface area contributed by atoms with Gasteiger partial charge in [0, 0.05) is 19.1 Å². The van der Waals surface area contributed by atoms with Gasteiger partial charge < -0.3 is 9.64 Å². The molecule has 0 radical (unpaired) electrons. The van der Waals surface area contributed by atoms with Crippen molar-refractivity contribution in [1.82, 2.24) is 4.90 Å². The Morgan fingerprint density at radius 2 is 1.95 bits per heavy atom. The van der Waals surface area contributed by atoms with E-state index in [1.165, 1.54) is 0 Å². The summed E-state index contributed by atoms with van der Waals surface area (Å²) in [6.45, 7) is 7.83. The van der Waals surface area contributed by atoms with Gasteiger partial charge in [-0.15, -0.1) is 0 Å². The van der Waals surface area contributed by atoms with Gasteiger partial charge in [-0.25, -0.2) is 0 Å². The normalized spacial score (nSPS) is 21.0. The number of hydrogen-bond donors (Lipinski definition) is 0. The van der Waals surface area contributed by atoms with Crippen molar-refractivity contribution in [1.29, 1.82) is 0 Å². The quantitative estimate of drug-likeness (QED) is 0.836. The Hall–Kier alpha value is -1.55. The Balaban J connectivity index is 2.26. The van der Waals surface area contributed by atoms with Gasteiger partial charge in [0.25, 0.3) is 0 Å². The molecule has 0 aliphatic carbocycles. The van der Waals surface area contributed by atoms with Crippen LogP contribution in [0, 0.1) is 0 Å². The van der Waals surface area contributed by atoms with Crippen LogP contribution in [0.2, 0.25) is 0 Å². The highest BCUT2D eigenvalue weighted by molar-refractivity contribution is 5.99. The number of amides is 1. The number of para-hydroxylation sites is 2. The van der Waals surface area contributed by atoms with Crippen molar-refractivity contribution in [2.75, 3.05) is 25.1 Å². The topological polar surface area (TPSA) is 32.8 Å². The summed E-state index contributed by atoms with van der Waals surface area (Å²) in [6, 6.07) is 7.99. The van der Waals surface area contributed by atoms with Crippen molar-refractivity contribution in [3.05, 3.63) is 24.3 Å². The molecular weight excluding hydrogens is 240 g/mol. The van der Waals surface area contributed by atoms with E-state index in [4.69, 9.17) is 4.74 Å². The molecule has 1 aliphatic rings. The fourth-order valence-electron chi connectivity index (χ4n) is 2.68.